The van der Waals surface area contributed by atoms with Gasteiger partial charge in [-0.05, 0) is 125 Å². The molecule has 0 unspecified atom stereocenters. The van der Waals surface area contributed by atoms with E-state index in [1.807, 2.05) is 45.0 Å². The molecule has 1 saturated heterocycles. The molecule has 1 fully saturated rings. The maximum atomic E-state index is 14.1. The first-order valence-corrected chi connectivity index (χ1v) is 29.9. The third kappa shape index (κ3) is 18.7. The number of benzene rings is 4. The number of carbonyl (C=O) groups excluding carboxylic acids is 4. The largest absolute Gasteiger partial charge is 0.504 e. The Bertz CT molecular complexity index is 3270. The van der Waals surface area contributed by atoms with E-state index < -0.39 is 62.5 Å². The molecule has 0 spiro atoms. The van der Waals surface area contributed by atoms with Gasteiger partial charge in [0.05, 0.1) is 82.2 Å². The molecule has 3 heterocycles. The maximum Gasteiger partial charge on any atom is 0.416 e. The van der Waals surface area contributed by atoms with Crippen molar-refractivity contribution >= 4 is 56.2 Å². The lowest BCUT2D eigenvalue weighted by atomic mass is 9.85. The number of pyridine rings is 1. The number of anilines is 2. The van der Waals surface area contributed by atoms with Gasteiger partial charge in [0.25, 0.3) is 11.8 Å². The highest BCUT2D eigenvalue weighted by molar-refractivity contribution is 7.89. The van der Waals surface area contributed by atoms with E-state index in [9.17, 15) is 37.5 Å². The van der Waals surface area contributed by atoms with Gasteiger partial charge in [-0.1, -0.05) is 45.0 Å². The first-order chi connectivity index (χ1) is 40.3. The zero-order chi connectivity index (χ0) is 61.5. The molecule has 2 aliphatic rings. The number of nitrogens with one attached hydrogen (secondary N) is 2. The Morgan fingerprint density at radius 2 is 1.25 bits per heavy atom. The Morgan fingerprint density at radius 3 is 1.82 bits per heavy atom. The monoisotopic (exact) mass is 1200 g/mol. The number of aromatic amines is 1. The lowest BCUT2D eigenvalue weighted by molar-refractivity contribution is -0.155. The van der Waals surface area contributed by atoms with Crippen molar-refractivity contribution in [1.82, 2.24) is 14.2 Å². The smallest absolute Gasteiger partial charge is 0.416 e. The molecular weight excluding hydrogens is 1120 g/mol. The Hall–Kier alpha value is -7.12. The van der Waals surface area contributed by atoms with Gasteiger partial charge in [0.1, 0.15) is 48.9 Å². The number of esters is 1. The molecule has 0 saturated carbocycles. The maximum absolute atomic E-state index is 14.1. The average molecular weight is 1200 g/mol. The Balaban J connectivity index is 0.714. The molecule has 462 valence electrons. The molecule has 22 nitrogen and oxygen atoms in total. The number of hydrogen-bond acceptors (Lipinski definition) is 17. The number of para-hydroxylation sites is 1. The van der Waals surface area contributed by atoms with E-state index in [1.165, 1.54) is 44.6 Å². The quantitative estimate of drug-likeness (QED) is 0.0329. The van der Waals surface area contributed by atoms with Gasteiger partial charge in [-0.2, -0.15) is 4.31 Å². The molecule has 3 N–H and O–H groups in total. The Kier molecular flexibility index (Phi) is 22.6. The van der Waals surface area contributed by atoms with Gasteiger partial charge >= 0.3 is 12.1 Å². The number of fused-ring (bicyclic) bond motifs is 2. The van der Waals surface area contributed by atoms with E-state index in [1.54, 1.807) is 71.9 Å². The highest BCUT2D eigenvalue weighted by atomic mass is 32.2. The van der Waals surface area contributed by atoms with Gasteiger partial charge in [-0.15, -0.1) is 0 Å². The number of sulfonamides is 1. The van der Waals surface area contributed by atoms with Crippen LogP contribution in [0.1, 0.15) is 113 Å². The number of phenolic OH excluding ortho intramolecular Hbond substituents is 1. The zero-order valence-electron chi connectivity index (χ0n) is 50.1. The number of ether oxygens (including phenoxy) is 9. The third-order valence-electron chi connectivity index (χ3n) is 13.5. The van der Waals surface area contributed by atoms with E-state index in [4.69, 9.17) is 42.6 Å². The topological polar surface area (TPSA) is 260 Å². The number of piperidine rings is 1. The van der Waals surface area contributed by atoms with Crippen molar-refractivity contribution in [2.75, 3.05) is 116 Å². The summed E-state index contributed by atoms with van der Waals surface area (Å²) < 4.78 is 80.4. The van der Waals surface area contributed by atoms with Crippen molar-refractivity contribution in [3.05, 3.63) is 118 Å². The fraction of sp³-hybridized carbons (Fsp3) is 0.500. The number of nitrogens with zero attached hydrogens (tertiary/aromatic N) is 3. The summed E-state index contributed by atoms with van der Waals surface area (Å²) in [5.74, 6) is -0.933. The summed E-state index contributed by atoms with van der Waals surface area (Å²) in [5, 5.41) is 14.0. The van der Waals surface area contributed by atoms with Crippen molar-refractivity contribution in [2.24, 2.45) is 0 Å². The molecule has 4 aromatic carbocycles. The normalized spacial score (nSPS) is 14.5. The SMILES string of the molecule is CC(C)(C)OC(=O)CN1CN(C(=O)OC(C)(C)C)c2cc(S(=O)(=O)N3CCC(c4ccc(OCCOCCOCCOCCOCCOCCOc5cc(C(C)(C)C)c(NC(=O)c6c[nH]c7ccccc7c6=O)cc5O)cc4)CC3)ccc2C1=O. The highest BCUT2D eigenvalue weighted by Gasteiger charge is 2.39. The first-order valence-electron chi connectivity index (χ1n) is 28.5. The standard InChI is InChI=1S/C62H81N5O17S/c1-60(2,3)49-37-54(53(68)38-51(49)64-57(71)48-39-63-50-13-11-10-12-46(50)56(48)70)82-35-33-80-31-29-78-27-25-76-24-26-77-28-30-79-32-34-81-44-16-14-42(15-17-44)43-20-22-66(23-21-43)85(74,75)45-18-19-47-52(36-45)67(59(73)84-62(7,8)9)41-65(58(47)72)40-55(69)83-61(4,5)6/h10-19,36-39,43,68H,20-35,40-41H2,1-9H3,(H,63,70)(H,64,71). The van der Waals surface area contributed by atoms with Crippen LogP contribution < -0.4 is 25.1 Å². The highest BCUT2D eigenvalue weighted by Crippen LogP contribution is 2.40. The fourth-order valence-corrected chi connectivity index (χ4v) is 10.9. The van der Waals surface area contributed by atoms with Crippen LogP contribution in [0.3, 0.4) is 0 Å². The summed E-state index contributed by atoms with van der Waals surface area (Å²) in [6, 6.07) is 21.9. The van der Waals surface area contributed by atoms with Crippen LogP contribution in [0.5, 0.6) is 17.2 Å². The molecule has 0 bridgehead atoms. The number of H-pyrrole nitrogens is 1. The molecule has 2 aliphatic heterocycles. The molecule has 0 aliphatic carbocycles. The summed E-state index contributed by atoms with van der Waals surface area (Å²) in [6.07, 6.45) is 1.75. The van der Waals surface area contributed by atoms with E-state index in [-0.39, 0.29) is 72.1 Å². The predicted molar refractivity (Wildman–Crippen MR) is 318 cm³/mol. The van der Waals surface area contributed by atoms with Gasteiger partial charge in [0.2, 0.25) is 15.5 Å². The minimum absolute atomic E-state index is 0.0456. The van der Waals surface area contributed by atoms with E-state index in [2.05, 4.69) is 10.3 Å². The minimum Gasteiger partial charge on any atom is -0.504 e. The van der Waals surface area contributed by atoms with Crippen molar-refractivity contribution in [3.8, 4) is 17.2 Å². The van der Waals surface area contributed by atoms with E-state index in [0.29, 0.717) is 107 Å². The number of phenols is 1. The van der Waals surface area contributed by atoms with Gasteiger partial charge < -0.3 is 62.9 Å². The second-order valence-electron chi connectivity index (χ2n) is 23.5. The third-order valence-corrected chi connectivity index (χ3v) is 15.4. The first kappa shape index (κ1) is 65.4. The van der Waals surface area contributed by atoms with Crippen molar-refractivity contribution in [1.29, 1.82) is 0 Å². The molecular formula is C62H81N5O17S. The molecule has 3 amide bonds. The zero-order valence-corrected chi connectivity index (χ0v) is 50.9. The van der Waals surface area contributed by atoms with Crippen molar-refractivity contribution in [3.63, 3.8) is 0 Å². The fourth-order valence-electron chi connectivity index (χ4n) is 9.44. The minimum atomic E-state index is -4.02. The van der Waals surface area contributed by atoms with E-state index >= 15 is 0 Å². The predicted octanol–water partition coefficient (Wildman–Crippen LogP) is 8.39. The summed E-state index contributed by atoms with van der Waals surface area (Å²) in [6.45, 7) is 20.0. The van der Waals surface area contributed by atoms with Gasteiger partial charge in [-0.25, -0.2) is 13.2 Å². The second-order valence-corrected chi connectivity index (χ2v) is 25.4. The molecule has 0 radical (unpaired) electrons. The summed E-state index contributed by atoms with van der Waals surface area (Å²) in [5.41, 5.74) is 0.316. The van der Waals surface area contributed by atoms with Crippen LogP contribution in [0.2, 0.25) is 0 Å². The molecule has 23 heteroatoms. The van der Waals surface area contributed by atoms with Crippen LogP contribution in [0, 0.1) is 0 Å². The van der Waals surface area contributed by atoms with Crippen LogP contribution in [0.4, 0.5) is 16.2 Å². The van der Waals surface area contributed by atoms with Crippen molar-refractivity contribution < 1.29 is 75.3 Å². The number of aromatic hydroxyl groups is 1. The number of hydrogen-bond donors (Lipinski definition) is 3. The molecule has 1 aromatic heterocycles. The Morgan fingerprint density at radius 1 is 0.682 bits per heavy atom. The lowest BCUT2D eigenvalue weighted by Crippen LogP contribution is -2.52. The summed E-state index contributed by atoms with van der Waals surface area (Å²) in [4.78, 5) is 71.4. The average Bonchev–Trinajstić information content (AvgIpc) is 3.47. The van der Waals surface area contributed by atoms with Crippen LogP contribution in [0.15, 0.2) is 94.7 Å². The lowest BCUT2D eigenvalue weighted by Gasteiger charge is -2.37. The molecule has 5 aromatic rings. The second kappa shape index (κ2) is 29.3. The Labute approximate surface area is 496 Å². The van der Waals surface area contributed by atoms with Crippen LogP contribution >= 0.6 is 0 Å². The number of aromatic nitrogens is 1. The molecule has 0 atom stereocenters. The van der Waals surface area contributed by atoms with Gasteiger partial charge in [-0.3, -0.25) is 24.1 Å². The summed E-state index contributed by atoms with van der Waals surface area (Å²) >= 11 is 0. The molecule has 7 rings (SSSR count). The molecule has 85 heavy (non-hydrogen) atoms. The number of carbonyl (C=O) groups is 4. The van der Waals surface area contributed by atoms with Crippen LogP contribution in [-0.4, -0.2) is 168 Å². The number of rotatable bonds is 27. The summed E-state index contributed by atoms with van der Waals surface area (Å²) in [7, 11) is -4.02. The van der Waals surface area contributed by atoms with Crippen molar-refractivity contribution in [2.45, 2.75) is 103 Å². The van der Waals surface area contributed by atoms with Crippen LogP contribution in [0.25, 0.3) is 10.9 Å². The van der Waals surface area contributed by atoms with Gasteiger partial charge in [0.15, 0.2) is 11.5 Å². The van der Waals surface area contributed by atoms with E-state index in [0.717, 1.165) is 5.56 Å². The van der Waals surface area contributed by atoms with Gasteiger partial charge in [0, 0.05) is 41.9 Å². The number of amides is 3. The van der Waals surface area contributed by atoms with Crippen LogP contribution in [-0.2, 0) is 53.4 Å².